The number of piperidine rings is 1. The maximum Gasteiger partial charge on any atom is 0.226 e. The first kappa shape index (κ1) is 17.4. The number of hydrogen-bond acceptors (Lipinski definition) is 3. The lowest BCUT2D eigenvalue weighted by atomic mass is 9.99. The highest BCUT2D eigenvalue weighted by molar-refractivity contribution is 5.92. The summed E-state index contributed by atoms with van der Waals surface area (Å²) in [5.74, 6) is 1.02. The molecular formula is C21H29N3O2. The number of carbonyl (C=O) groups excluding carboxylic acids is 2. The van der Waals surface area contributed by atoms with E-state index in [1.165, 1.54) is 5.69 Å². The van der Waals surface area contributed by atoms with Crippen LogP contribution in [0.4, 0.5) is 5.69 Å². The summed E-state index contributed by atoms with van der Waals surface area (Å²) in [4.78, 5) is 31.7. The van der Waals surface area contributed by atoms with Gasteiger partial charge < -0.3 is 14.7 Å². The lowest BCUT2D eigenvalue weighted by Crippen LogP contribution is -2.49. The van der Waals surface area contributed by atoms with Gasteiger partial charge in [0.15, 0.2) is 0 Å². The van der Waals surface area contributed by atoms with Gasteiger partial charge in [0.1, 0.15) is 0 Å². The number of piperazine rings is 1. The number of amides is 2. The van der Waals surface area contributed by atoms with Gasteiger partial charge in [0.25, 0.3) is 0 Å². The molecule has 1 aliphatic carbocycles. The van der Waals surface area contributed by atoms with Crippen LogP contribution < -0.4 is 4.90 Å². The lowest BCUT2D eigenvalue weighted by Gasteiger charge is -2.36. The number of hydrogen-bond donors (Lipinski definition) is 0. The van der Waals surface area contributed by atoms with Gasteiger partial charge in [0.05, 0.1) is 11.8 Å². The Balaban J connectivity index is 1.27. The zero-order valence-corrected chi connectivity index (χ0v) is 15.6. The summed E-state index contributed by atoms with van der Waals surface area (Å²) in [5, 5.41) is 0. The van der Waals surface area contributed by atoms with Crippen LogP contribution in [0.25, 0.3) is 0 Å². The van der Waals surface area contributed by atoms with E-state index in [0.717, 1.165) is 64.4 Å². The van der Waals surface area contributed by atoms with Crippen molar-refractivity contribution < 1.29 is 9.59 Å². The summed E-state index contributed by atoms with van der Waals surface area (Å²) >= 11 is 0. The Hall–Kier alpha value is -2.04. The van der Waals surface area contributed by atoms with Crippen molar-refractivity contribution in [2.75, 3.05) is 44.2 Å². The van der Waals surface area contributed by atoms with E-state index in [0.29, 0.717) is 0 Å². The van der Waals surface area contributed by atoms with Crippen LogP contribution in [0.3, 0.4) is 0 Å². The topological polar surface area (TPSA) is 43.9 Å². The molecule has 2 unspecified atom stereocenters. The van der Waals surface area contributed by atoms with Crippen molar-refractivity contribution in [3.63, 3.8) is 0 Å². The molecule has 2 saturated heterocycles. The standard InChI is InChI=1S/C21H29N3O2/c1-16-7-9-23(10-8-16)20(25)18-15-19(18)21(26)24-13-11-22(12-14-24)17-5-3-2-4-6-17/h2-6,16,18-19H,7-15H2,1H3. The number of carbonyl (C=O) groups is 2. The molecule has 3 aliphatic rings. The minimum Gasteiger partial charge on any atom is -0.368 e. The molecule has 4 rings (SSSR count). The van der Waals surface area contributed by atoms with Crippen LogP contribution in [0.2, 0.25) is 0 Å². The van der Waals surface area contributed by atoms with E-state index >= 15 is 0 Å². The van der Waals surface area contributed by atoms with Crippen LogP contribution in [-0.2, 0) is 9.59 Å². The van der Waals surface area contributed by atoms with Crippen LogP contribution in [-0.4, -0.2) is 60.9 Å². The second-order valence-electron chi connectivity index (χ2n) is 8.10. The number of nitrogens with zero attached hydrogens (tertiary/aromatic N) is 3. The van der Waals surface area contributed by atoms with Gasteiger partial charge in [-0.1, -0.05) is 25.1 Å². The second kappa shape index (κ2) is 7.29. The Morgan fingerprint density at radius 1 is 0.808 bits per heavy atom. The van der Waals surface area contributed by atoms with E-state index < -0.39 is 0 Å². The van der Waals surface area contributed by atoms with E-state index in [9.17, 15) is 9.59 Å². The van der Waals surface area contributed by atoms with Crippen molar-refractivity contribution >= 4 is 17.5 Å². The average Bonchev–Trinajstić information content (AvgIpc) is 3.49. The SMILES string of the molecule is CC1CCN(C(=O)C2CC2C(=O)N2CCN(c3ccccc3)CC2)CC1. The smallest absolute Gasteiger partial charge is 0.226 e. The highest BCUT2D eigenvalue weighted by Crippen LogP contribution is 2.42. The van der Waals surface area contributed by atoms with Crippen LogP contribution in [0.5, 0.6) is 0 Å². The molecule has 1 aromatic carbocycles. The zero-order chi connectivity index (χ0) is 18.1. The monoisotopic (exact) mass is 355 g/mol. The predicted molar refractivity (Wildman–Crippen MR) is 102 cm³/mol. The maximum absolute atomic E-state index is 12.8. The minimum absolute atomic E-state index is 0.0527. The molecule has 3 fully saturated rings. The molecule has 1 saturated carbocycles. The molecule has 0 N–H and O–H groups in total. The Bertz CT molecular complexity index is 646. The molecule has 1 aromatic rings. The molecule has 140 valence electrons. The first-order chi connectivity index (χ1) is 12.6. The number of likely N-dealkylation sites (tertiary alicyclic amines) is 1. The molecule has 5 heteroatoms. The normalized spacial score (nSPS) is 26.7. The first-order valence-corrected chi connectivity index (χ1v) is 10.0. The van der Waals surface area contributed by atoms with Crippen molar-refractivity contribution in [2.45, 2.75) is 26.2 Å². The van der Waals surface area contributed by atoms with Gasteiger partial charge in [0, 0.05) is 45.0 Å². The molecule has 0 radical (unpaired) electrons. The molecule has 2 atom stereocenters. The largest absolute Gasteiger partial charge is 0.368 e. The summed E-state index contributed by atoms with van der Waals surface area (Å²) < 4.78 is 0. The quantitative estimate of drug-likeness (QED) is 0.835. The number of rotatable bonds is 3. The Morgan fingerprint density at radius 2 is 1.35 bits per heavy atom. The van der Waals surface area contributed by atoms with Gasteiger partial charge in [-0.25, -0.2) is 0 Å². The van der Waals surface area contributed by atoms with Crippen molar-refractivity contribution in [1.82, 2.24) is 9.80 Å². The maximum atomic E-state index is 12.8. The van der Waals surface area contributed by atoms with Crippen LogP contribution in [0.1, 0.15) is 26.2 Å². The Labute approximate surface area is 155 Å². The highest BCUT2D eigenvalue weighted by Gasteiger charge is 2.51. The Kier molecular flexibility index (Phi) is 4.88. The fourth-order valence-corrected chi connectivity index (χ4v) is 4.26. The van der Waals surface area contributed by atoms with E-state index in [1.807, 2.05) is 15.9 Å². The summed E-state index contributed by atoms with van der Waals surface area (Å²) in [6.45, 7) is 7.23. The lowest BCUT2D eigenvalue weighted by molar-refractivity contribution is -0.138. The molecule has 2 heterocycles. The van der Waals surface area contributed by atoms with Gasteiger partial charge in [-0.2, -0.15) is 0 Å². The third kappa shape index (κ3) is 3.57. The van der Waals surface area contributed by atoms with Gasteiger partial charge in [0.2, 0.25) is 11.8 Å². The summed E-state index contributed by atoms with van der Waals surface area (Å²) in [6.07, 6.45) is 2.94. The molecule has 0 bridgehead atoms. The molecular weight excluding hydrogens is 326 g/mol. The van der Waals surface area contributed by atoms with Crippen molar-refractivity contribution in [2.24, 2.45) is 17.8 Å². The van der Waals surface area contributed by atoms with Gasteiger partial charge in [-0.05, 0) is 37.3 Å². The second-order valence-corrected chi connectivity index (χ2v) is 8.10. The summed E-state index contributed by atoms with van der Waals surface area (Å²) in [7, 11) is 0. The average molecular weight is 355 g/mol. The molecule has 0 aromatic heterocycles. The van der Waals surface area contributed by atoms with Gasteiger partial charge in [-0.3, -0.25) is 9.59 Å². The molecule has 2 amide bonds. The molecule has 5 nitrogen and oxygen atoms in total. The van der Waals surface area contributed by atoms with Gasteiger partial charge in [-0.15, -0.1) is 0 Å². The third-order valence-corrected chi connectivity index (χ3v) is 6.23. The molecule has 2 aliphatic heterocycles. The predicted octanol–water partition coefficient (Wildman–Crippen LogP) is 2.23. The van der Waals surface area contributed by atoms with E-state index in [-0.39, 0.29) is 23.7 Å². The van der Waals surface area contributed by atoms with E-state index in [4.69, 9.17) is 0 Å². The molecule has 0 spiro atoms. The van der Waals surface area contributed by atoms with E-state index in [2.05, 4.69) is 36.1 Å². The number of para-hydroxylation sites is 1. The van der Waals surface area contributed by atoms with Crippen LogP contribution in [0, 0.1) is 17.8 Å². The van der Waals surface area contributed by atoms with E-state index in [1.54, 1.807) is 0 Å². The number of anilines is 1. The van der Waals surface area contributed by atoms with Crippen LogP contribution in [0.15, 0.2) is 30.3 Å². The van der Waals surface area contributed by atoms with Crippen molar-refractivity contribution in [1.29, 1.82) is 0 Å². The Morgan fingerprint density at radius 3 is 1.92 bits per heavy atom. The van der Waals surface area contributed by atoms with Gasteiger partial charge >= 0.3 is 0 Å². The summed E-state index contributed by atoms with van der Waals surface area (Å²) in [5.41, 5.74) is 1.22. The van der Waals surface area contributed by atoms with Crippen LogP contribution >= 0.6 is 0 Å². The number of benzene rings is 1. The molecule has 26 heavy (non-hydrogen) atoms. The summed E-state index contributed by atoms with van der Waals surface area (Å²) in [6, 6.07) is 10.4. The minimum atomic E-state index is -0.0647. The van der Waals surface area contributed by atoms with Crippen molar-refractivity contribution in [3.8, 4) is 0 Å². The first-order valence-electron chi connectivity index (χ1n) is 10.0. The zero-order valence-electron chi connectivity index (χ0n) is 15.6. The fraction of sp³-hybridized carbons (Fsp3) is 0.619. The van der Waals surface area contributed by atoms with Crippen molar-refractivity contribution in [3.05, 3.63) is 30.3 Å². The highest BCUT2D eigenvalue weighted by atomic mass is 16.2. The fourth-order valence-electron chi connectivity index (χ4n) is 4.26. The third-order valence-electron chi connectivity index (χ3n) is 6.23.